The molecule has 1 amide bonds. The number of methoxy groups -OCH3 is 1. The largest absolute Gasteiger partial charge is 0.465 e. The van der Waals surface area contributed by atoms with Crippen LogP contribution < -0.4 is 5.32 Å². The summed E-state index contributed by atoms with van der Waals surface area (Å²) in [6.07, 6.45) is 4.26. The summed E-state index contributed by atoms with van der Waals surface area (Å²) in [4.78, 5) is 24.8. The van der Waals surface area contributed by atoms with Crippen LogP contribution in [0.3, 0.4) is 0 Å². The highest BCUT2D eigenvalue weighted by Crippen LogP contribution is 2.34. The first kappa shape index (κ1) is 23.3. The van der Waals surface area contributed by atoms with E-state index >= 15 is 0 Å². The van der Waals surface area contributed by atoms with Crippen LogP contribution in [0.2, 0.25) is 5.02 Å². The smallest absolute Gasteiger partial charge is 0.337 e. The Morgan fingerprint density at radius 3 is 2.44 bits per heavy atom. The van der Waals surface area contributed by atoms with Crippen molar-refractivity contribution in [1.82, 2.24) is 0 Å². The SMILES string of the molecule is COC(=O)c1ccc(C#CC(O)(C(=O)Nc2ccc(C#N)c(Cl)c2)C2CCCCC2)cc1. The molecule has 1 saturated carbocycles. The Labute approximate surface area is 192 Å². The summed E-state index contributed by atoms with van der Waals surface area (Å²) in [5, 5.41) is 23.4. The lowest BCUT2D eigenvalue weighted by Gasteiger charge is -2.33. The van der Waals surface area contributed by atoms with Crippen molar-refractivity contribution in [2.24, 2.45) is 5.92 Å². The molecule has 0 radical (unpaired) electrons. The Bertz CT molecular complexity index is 1110. The quantitative estimate of drug-likeness (QED) is 0.534. The third-order valence-corrected chi connectivity index (χ3v) is 5.91. The normalized spacial score (nSPS) is 15.4. The molecule has 2 N–H and O–H groups in total. The number of hydrogen-bond acceptors (Lipinski definition) is 5. The highest BCUT2D eigenvalue weighted by molar-refractivity contribution is 6.32. The number of nitrogens with one attached hydrogen (secondary N) is 1. The van der Waals surface area contributed by atoms with Gasteiger partial charge >= 0.3 is 5.97 Å². The first-order valence-electron chi connectivity index (χ1n) is 10.3. The minimum absolute atomic E-state index is 0.211. The molecule has 0 aliphatic heterocycles. The zero-order valence-corrected chi connectivity index (χ0v) is 18.4. The fourth-order valence-corrected chi connectivity index (χ4v) is 3.97. The number of carbonyl (C=O) groups excluding carboxylic acids is 2. The second-order valence-corrected chi connectivity index (χ2v) is 8.09. The molecule has 0 spiro atoms. The standard InChI is InChI=1S/C25H23ClN2O4/c1-32-23(29)18-9-7-17(8-10-18)13-14-25(31,20-5-3-2-4-6-20)24(30)28-21-12-11-19(16-27)22(26)15-21/h7-12,15,20,31H,2-6H2,1H3,(H,28,30). The number of nitriles is 1. The molecular formula is C25H23ClN2O4. The van der Waals surface area contributed by atoms with Crippen LogP contribution in [0, 0.1) is 29.1 Å². The van der Waals surface area contributed by atoms with Gasteiger partial charge in [-0.05, 0) is 55.3 Å². The number of esters is 1. The molecule has 1 aliphatic rings. The predicted octanol–water partition coefficient (Wildman–Crippen LogP) is 4.30. The van der Waals surface area contributed by atoms with E-state index in [0.29, 0.717) is 35.2 Å². The van der Waals surface area contributed by atoms with Gasteiger partial charge in [0.25, 0.3) is 5.91 Å². The molecule has 1 aliphatic carbocycles. The molecule has 1 atom stereocenters. The summed E-state index contributed by atoms with van der Waals surface area (Å²) in [5.74, 6) is 4.27. The van der Waals surface area contributed by atoms with Crippen LogP contribution in [-0.4, -0.2) is 29.7 Å². The number of hydrogen-bond donors (Lipinski definition) is 2. The van der Waals surface area contributed by atoms with Crippen LogP contribution in [0.4, 0.5) is 5.69 Å². The van der Waals surface area contributed by atoms with E-state index in [-0.39, 0.29) is 10.9 Å². The highest BCUT2D eigenvalue weighted by Gasteiger charge is 2.43. The fourth-order valence-electron chi connectivity index (χ4n) is 3.75. The van der Waals surface area contributed by atoms with Gasteiger partial charge in [0.1, 0.15) is 6.07 Å². The summed E-state index contributed by atoms with van der Waals surface area (Å²) in [5.41, 5.74) is -0.293. The molecule has 0 saturated heterocycles. The third-order valence-electron chi connectivity index (χ3n) is 5.59. The van der Waals surface area contributed by atoms with E-state index < -0.39 is 17.5 Å². The molecule has 6 nitrogen and oxygen atoms in total. The van der Waals surface area contributed by atoms with Gasteiger partial charge in [-0.1, -0.05) is 42.7 Å². The number of rotatable bonds is 4. The van der Waals surface area contributed by atoms with Crippen LogP contribution in [0.1, 0.15) is 53.6 Å². The molecule has 1 unspecified atom stereocenters. The van der Waals surface area contributed by atoms with Crippen molar-refractivity contribution in [3.05, 3.63) is 64.2 Å². The van der Waals surface area contributed by atoms with Crippen molar-refractivity contribution in [3.63, 3.8) is 0 Å². The third kappa shape index (κ3) is 5.29. The average Bonchev–Trinajstić information content (AvgIpc) is 2.83. The molecule has 1 fully saturated rings. The van der Waals surface area contributed by atoms with E-state index in [1.807, 2.05) is 6.07 Å². The van der Waals surface area contributed by atoms with Gasteiger partial charge in [0.05, 0.1) is 23.3 Å². The molecule has 0 heterocycles. The van der Waals surface area contributed by atoms with Gasteiger partial charge in [-0.2, -0.15) is 5.26 Å². The van der Waals surface area contributed by atoms with Crippen molar-refractivity contribution < 1.29 is 19.4 Å². The first-order chi connectivity index (χ1) is 15.4. The highest BCUT2D eigenvalue weighted by atomic mass is 35.5. The Morgan fingerprint density at radius 2 is 1.84 bits per heavy atom. The van der Waals surface area contributed by atoms with Crippen LogP contribution in [0.5, 0.6) is 0 Å². The molecule has 2 aromatic rings. The Morgan fingerprint density at radius 1 is 1.16 bits per heavy atom. The maximum Gasteiger partial charge on any atom is 0.337 e. The van der Waals surface area contributed by atoms with Crippen LogP contribution in [0.25, 0.3) is 0 Å². The molecule has 164 valence electrons. The Hall–Kier alpha value is -3.32. The van der Waals surface area contributed by atoms with E-state index in [1.165, 1.54) is 19.2 Å². The summed E-state index contributed by atoms with van der Waals surface area (Å²) in [7, 11) is 1.31. The monoisotopic (exact) mass is 450 g/mol. The fraction of sp³-hybridized carbons (Fsp3) is 0.320. The minimum atomic E-state index is -1.90. The topological polar surface area (TPSA) is 99.4 Å². The van der Waals surface area contributed by atoms with Gasteiger partial charge in [0.2, 0.25) is 5.60 Å². The lowest BCUT2D eigenvalue weighted by Crippen LogP contribution is -2.48. The van der Waals surface area contributed by atoms with Crippen LogP contribution in [-0.2, 0) is 9.53 Å². The van der Waals surface area contributed by atoms with E-state index in [9.17, 15) is 14.7 Å². The van der Waals surface area contributed by atoms with Crippen molar-refractivity contribution >= 4 is 29.2 Å². The van der Waals surface area contributed by atoms with E-state index in [1.54, 1.807) is 30.3 Å². The molecule has 32 heavy (non-hydrogen) atoms. The maximum atomic E-state index is 13.2. The number of benzene rings is 2. The Kier molecular flexibility index (Phi) is 7.53. The predicted molar refractivity (Wildman–Crippen MR) is 121 cm³/mol. The van der Waals surface area contributed by atoms with Gasteiger partial charge < -0.3 is 15.2 Å². The van der Waals surface area contributed by atoms with E-state index in [0.717, 1.165) is 19.3 Å². The van der Waals surface area contributed by atoms with Crippen LogP contribution >= 0.6 is 11.6 Å². The average molecular weight is 451 g/mol. The molecule has 3 rings (SSSR count). The van der Waals surface area contributed by atoms with Gasteiger partial charge in [-0.25, -0.2) is 4.79 Å². The van der Waals surface area contributed by atoms with Crippen molar-refractivity contribution in [3.8, 4) is 17.9 Å². The molecule has 2 aromatic carbocycles. The van der Waals surface area contributed by atoms with Crippen molar-refractivity contribution in [2.45, 2.75) is 37.7 Å². The van der Waals surface area contributed by atoms with E-state index in [2.05, 4.69) is 21.9 Å². The number of nitrogens with zero attached hydrogens (tertiary/aromatic N) is 1. The van der Waals surface area contributed by atoms with Gasteiger partial charge in [0, 0.05) is 17.2 Å². The number of aliphatic hydroxyl groups is 1. The van der Waals surface area contributed by atoms with Gasteiger partial charge in [-0.3, -0.25) is 4.79 Å². The van der Waals surface area contributed by atoms with Gasteiger partial charge in [-0.15, -0.1) is 0 Å². The lowest BCUT2D eigenvalue weighted by atomic mass is 9.76. The summed E-state index contributed by atoms with van der Waals surface area (Å²) in [6, 6.07) is 12.9. The number of amides is 1. The lowest BCUT2D eigenvalue weighted by molar-refractivity contribution is -0.134. The zero-order chi connectivity index (χ0) is 23.1. The molecule has 0 bridgehead atoms. The Balaban J connectivity index is 1.89. The molecule has 7 heteroatoms. The van der Waals surface area contributed by atoms with Gasteiger partial charge in [0.15, 0.2) is 0 Å². The van der Waals surface area contributed by atoms with Crippen LogP contribution in [0.15, 0.2) is 42.5 Å². The number of carbonyl (C=O) groups is 2. The first-order valence-corrected chi connectivity index (χ1v) is 10.7. The summed E-state index contributed by atoms with van der Waals surface area (Å²) in [6.45, 7) is 0. The molecular weight excluding hydrogens is 428 g/mol. The van der Waals surface area contributed by atoms with Crippen molar-refractivity contribution in [1.29, 1.82) is 5.26 Å². The van der Waals surface area contributed by atoms with Crippen molar-refractivity contribution in [2.75, 3.05) is 12.4 Å². The number of ether oxygens (including phenoxy) is 1. The number of halogens is 1. The summed E-state index contributed by atoms with van der Waals surface area (Å²) < 4.78 is 4.69. The van der Waals surface area contributed by atoms with E-state index in [4.69, 9.17) is 16.9 Å². The second kappa shape index (κ2) is 10.3. The number of anilines is 1. The second-order valence-electron chi connectivity index (χ2n) is 7.68. The molecule has 0 aromatic heterocycles. The zero-order valence-electron chi connectivity index (χ0n) is 17.7. The summed E-state index contributed by atoms with van der Waals surface area (Å²) >= 11 is 6.07. The maximum absolute atomic E-state index is 13.2. The minimum Gasteiger partial charge on any atom is -0.465 e.